The van der Waals surface area contributed by atoms with Crippen molar-refractivity contribution in [2.45, 2.75) is 91.4 Å². The Kier molecular flexibility index (Phi) is 13.0. The van der Waals surface area contributed by atoms with Gasteiger partial charge in [-0.05, 0) is 90.1 Å². The second kappa shape index (κ2) is 14.3. The molecule has 0 N–H and O–H groups in total. The first-order valence-corrected chi connectivity index (χ1v) is 10.7. The van der Waals surface area contributed by atoms with Gasteiger partial charge in [-0.15, -0.1) is 0 Å². The summed E-state index contributed by atoms with van der Waals surface area (Å²) >= 11 is 0. The molecule has 2 aliphatic rings. The monoisotopic (exact) mass is 324 g/mol. The molecule has 2 heterocycles. The third kappa shape index (κ3) is 12.0. The molecule has 0 aromatic carbocycles. The number of hydrogen-bond acceptors (Lipinski definition) is 2. The molecular formula is C21H44N2. The second-order valence-electron chi connectivity index (χ2n) is 8.05. The van der Waals surface area contributed by atoms with Gasteiger partial charge in [0.25, 0.3) is 0 Å². The SMILES string of the molecule is CC(C)CCCN1CCCCC1.CCCCCN1CCCCC1. The summed E-state index contributed by atoms with van der Waals surface area (Å²) in [6.07, 6.45) is 15.6. The molecule has 23 heavy (non-hydrogen) atoms. The lowest BCUT2D eigenvalue weighted by Gasteiger charge is -2.26. The van der Waals surface area contributed by atoms with E-state index in [0.29, 0.717) is 0 Å². The highest BCUT2D eigenvalue weighted by molar-refractivity contribution is 4.65. The predicted octanol–water partition coefficient (Wildman–Crippen LogP) is 5.57. The van der Waals surface area contributed by atoms with E-state index in [1.165, 1.54) is 110 Å². The van der Waals surface area contributed by atoms with E-state index in [-0.39, 0.29) is 0 Å². The zero-order valence-electron chi connectivity index (χ0n) is 16.5. The molecule has 0 amide bonds. The summed E-state index contributed by atoms with van der Waals surface area (Å²) in [5.41, 5.74) is 0. The summed E-state index contributed by atoms with van der Waals surface area (Å²) in [6.45, 7) is 15.1. The average molecular weight is 325 g/mol. The molecule has 2 aliphatic heterocycles. The van der Waals surface area contributed by atoms with Crippen molar-refractivity contribution < 1.29 is 0 Å². The maximum absolute atomic E-state index is 2.63. The zero-order chi connectivity index (χ0) is 16.8. The molecule has 138 valence electrons. The van der Waals surface area contributed by atoms with Crippen molar-refractivity contribution in [2.75, 3.05) is 39.3 Å². The maximum atomic E-state index is 2.63. The molecule has 0 unspecified atom stereocenters. The largest absolute Gasteiger partial charge is 0.303 e. The second-order valence-corrected chi connectivity index (χ2v) is 8.05. The molecule has 2 rings (SSSR count). The Morgan fingerprint density at radius 3 is 1.57 bits per heavy atom. The van der Waals surface area contributed by atoms with Crippen molar-refractivity contribution in [1.82, 2.24) is 9.80 Å². The van der Waals surface area contributed by atoms with Crippen LogP contribution in [0.15, 0.2) is 0 Å². The highest BCUT2D eigenvalue weighted by Crippen LogP contribution is 2.11. The van der Waals surface area contributed by atoms with Gasteiger partial charge in [0.15, 0.2) is 0 Å². The van der Waals surface area contributed by atoms with Gasteiger partial charge in [-0.2, -0.15) is 0 Å². The van der Waals surface area contributed by atoms with Crippen LogP contribution < -0.4 is 0 Å². The van der Waals surface area contributed by atoms with Crippen LogP contribution in [0.25, 0.3) is 0 Å². The highest BCUT2D eigenvalue weighted by Gasteiger charge is 2.09. The fourth-order valence-electron chi connectivity index (χ4n) is 3.67. The van der Waals surface area contributed by atoms with Crippen molar-refractivity contribution in [1.29, 1.82) is 0 Å². The highest BCUT2D eigenvalue weighted by atomic mass is 15.1. The van der Waals surface area contributed by atoms with Gasteiger partial charge in [0.1, 0.15) is 0 Å². The standard InChI is InChI=1S/C11H23N.C10H21N/c1-11(2)7-6-10-12-8-4-3-5-9-12;1-2-3-5-8-11-9-6-4-7-10-11/h11H,3-10H2,1-2H3;2-10H2,1H3. The summed E-state index contributed by atoms with van der Waals surface area (Å²) < 4.78 is 0. The van der Waals surface area contributed by atoms with Crippen molar-refractivity contribution in [2.24, 2.45) is 5.92 Å². The van der Waals surface area contributed by atoms with E-state index in [1.807, 2.05) is 0 Å². The lowest BCUT2D eigenvalue weighted by Crippen LogP contribution is -2.30. The normalized spacial score (nSPS) is 20.3. The summed E-state index contributed by atoms with van der Waals surface area (Å²) in [7, 11) is 0. The minimum Gasteiger partial charge on any atom is -0.303 e. The Morgan fingerprint density at radius 1 is 0.652 bits per heavy atom. The fraction of sp³-hybridized carbons (Fsp3) is 1.00. The first kappa shape index (κ1) is 21.0. The Hall–Kier alpha value is -0.0800. The van der Waals surface area contributed by atoms with Gasteiger partial charge in [-0.3, -0.25) is 0 Å². The van der Waals surface area contributed by atoms with E-state index in [1.54, 1.807) is 0 Å². The van der Waals surface area contributed by atoms with Gasteiger partial charge in [-0.25, -0.2) is 0 Å². The predicted molar refractivity (Wildman–Crippen MR) is 104 cm³/mol. The van der Waals surface area contributed by atoms with Crippen LogP contribution in [-0.2, 0) is 0 Å². The van der Waals surface area contributed by atoms with E-state index >= 15 is 0 Å². The smallest absolute Gasteiger partial charge is 0.00186 e. The minimum atomic E-state index is 0.884. The summed E-state index contributed by atoms with van der Waals surface area (Å²) in [4.78, 5) is 5.26. The molecule has 0 radical (unpaired) electrons. The Labute approximate surface area is 147 Å². The Morgan fingerprint density at radius 2 is 1.13 bits per heavy atom. The van der Waals surface area contributed by atoms with E-state index in [4.69, 9.17) is 0 Å². The van der Waals surface area contributed by atoms with Crippen molar-refractivity contribution in [3.8, 4) is 0 Å². The van der Waals surface area contributed by atoms with Crippen LogP contribution in [0.4, 0.5) is 0 Å². The lowest BCUT2D eigenvalue weighted by molar-refractivity contribution is 0.221. The summed E-state index contributed by atoms with van der Waals surface area (Å²) in [5.74, 6) is 0.884. The Balaban J connectivity index is 0.000000231. The van der Waals surface area contributed by atoms with Crippen LogP contribution in [0.1, 0.15) is 91.4 Å². The molecule has 0 aromatic rings. The number of piperidine rings is 2. The van der Waals surface area contributed by atoms with Gasteiger partial charge in [0.2, 0.25) is 0 Å². The van der Waals surface area contributed by atoms with Crippen LogP contribution in [-0.4, -0.2) is 49.1 Å². The number of rotatable bonds is 8. The van der Waals surface area contributed by atoms with E-state index in [0.717, 1.165) is 5.92 Å². The number of likely N-dealkylation sites (tertiary alicyclic amines) is 2. The van der Waals surface area contributed by atoms with Gasteiger partial charge in [0, 0.05) is 0 Å². The topological polar surface area (TPSA) is 6.48 Å². The van der Waals surface area contributed by atoms with Gasteiger partial charge >= 0.3 is 0 Å². The lowest BCUT2D eigenvalue weighted by atomic mass is 10.1. The molecule has 2 saturated heterocycles. The van der Waals surface area contributed by atoms with Crippen molar-refractivity contribution in [3.05, 3.63) is 0 Å². The van der Waals surface area contributed by atoms with E-state index in [9.17, 15) is 0 Å². The quantitative estimate of drug-likeness (QED) is 0.538. The molecular weight excluding hydrogens is 280 g/mol. The van der Waals surface area contributed by atoms with E-state index < -0.39 is 0 Å². The number of hydrogen-bond donors (Lipinski definition) is 0. The molecule has 0 atom stereocenters. The van der Waals surface area contributed by atoms with Crippen LogP contribution in [0, 0.1) is 5.92 Å². The molecule has 2 nitrogen and oxygen atoms in total. The molecule has 0 spiro atoms. The molecule has 0 bridgehead atoms. The van der Waals surface area contributed by atoms with Crippen molar-refractivity contribution >= 4 is 0 Å². The van der Waals surface area contributed by atoms with Crippen LogP contribution in [0.2, 0.25) is 0 Å². The number of unbranched alkanes of at least 4 members (excludes halogenated alkanes) is 2. The summed E-state index contributed by atoms with van der Waals surface area (Å²) in [5, 5.41) is 0. The molecule has 2 fully saturated rings. The first-order chi connectivity index (χ1) is 11.2. The van der Waals surface area contributed by atoms with Crippen LogP contribution in [0.3, 0.4) is 0 Å². The van der Waals surface area contributed by atoms with Crippen LogP contribution >= 0.6 is 0 Å². The molecule has 2 heteroatoms. The van der Waals surface area contributed by atoms with Crippen molar-refractivity contribution in [3.63, 3.8) is 0 Å². The minimum absolute atomic E-state index is 0.884. The van der Waals surface area contributed by atoms with Gasteiger partial charge in [0.05, 0.1) is 0 Å². The number of nitrogens with zero attached hydrogens (tertiary/aromatic N) is 2. The summed E-state index contributed by atoms with van der Waals surface area (Å²) in [6, 6.07) is 0. The van der Waals surface area contributed by atoms with Gasteiger partial charge in [-0.1, -0.05) is 46.5 Å². The van der Waals surface area contributed by atoms with Crippen LogP contribution in [0.5, 0.6) is 0 Å². The first-order valence-electron chi connectivity index (χ1n) is 10.7. The van der Waals surface area contributed by atoms with Gasteiger partial charge < -0.3 is 9.80 Å². The average Bonchev–Trinajstić information content (AvgIpc) is 2.57. The molecule has 0 aliphatic carbocycles. The zero-order valence-corrected chi connectivity index (χ0v) is 16.5. The third-order valence-electron chi connectivity index (χ3n) is 5.23. The molecule has 0 saturated carbocycles. The Bertz CT molecular complexity index is 240. The maximum Gasteiger partial charge on any atom is -0.00186 e. The van der Waals surface area contributed by atoms with E-state index in [2.05, 4.69) is 30.6 Å². The molecule has 0 aromatic heterocycles. The third-order valence-corrected chi connectivity index (χ3v) is 5.23. The fourth-order valence-corrected chi connectivity index (χ4v) is 3.67.